The number of nitrogens with zero attached hydrogens (tertiary/aromatic N) is 2. The van der Waals surface area contributed by atoms with Gasteiger partial charge in [-0.15, -0.1) is 0 Å². The van der Waals surface area contributed by atoms with Crippen LogP contribution < -0.4 is 21.3 Å². The van der Waals surface area contributed by atoms with Crippen LogP contribution in [0.15, 0.2) is 24.3 Å². The second-order valence-corrected chi connectivity index (χ2v) is 17.2. The third kappa shape index (κ3) is 25.5. The first-order valence-electron chi connectivity index (χ1n) is 21.2. The zero-order chi connectivity index (χ0) is 42.0. The lowest BCUT2D eigenvalue weighted by atomic mass is 10.1. The van der Waals surface area contributed by atoms with Crippen LogP contribution in [-0.4, -0.2) is 109 Å². The molecule has 1 fully saturated rings. The van der Waals surface area contributed by atoms with Gasteiger partial charge < -0.3 is 40.5 Å². The topological polar surface area (TPSA) is 158 Å². The summed E-state index contributed by atoms with van der Waals surface area (Å²) in [6, 6.07) is -2.21. The van der Waals surface area contributed by atoms with Gasteiger partial charge in [0.05, 0.1) is 0 Å². The number of hydrogen-bond donors (Lipinski definition) is 4. The lowest BCUT2D eigenvalue weighted by Gasteiger charge is -2.29. The highest BCUT2D eigenvalue weighted by atomic mass is 16.6. The number of amides is 5. The monoisotopic (exact) mass is 791 g/mol. The predicted molar refractivity (Wildman–Crippen MR) is 224 cm³/mol. The van der Waals surface area contributed by atoms with Gasteiger partial charge in [-0.25, -0.2) is 9.59 Å². The molecule has 4 N–H and O–H groups in total. The molecule has 0 aromatic carbocycles. The summed E-state index contributed by atoms with van der Waals surface area (Å²) in [4.78, 5) is 69.1. The third-order valence-corrected chi connectivity index (χ3v) is 9.04. The Labute approximate surface area is 338 Å². The minimum atomic E-state index is -0.981. The molecule has 13 nitrogen and oxygen atoms in total. The summed E-state index contributed by atoms with van der Waals surface area (Å²) >= 11 is 0. The summed E-state index contributed by atoms with van der Waals surface area (Å²) in [7, 11) is 3.82. The Hall–Kier alpha value is -3.61. The largest absolute Gasteiger partial charge is 0.444 e. The van der Waals surface area contributed by atoms with Crippen LogP contribution in [0, 0.1) is 0 Å². The van der Waals surface area contributed by atoms with Crippen molar-refractivity contribution < 1.29 is 33.4 Å². The van der Waals surface area contributed by atoms with Gasteiger partial charge in [0.25, 0.3) is 0 Å². The molecule has 1 aliphatic heterocycles. The molecule has 1 heterocycles. The van der Waals surface area contributed by atoms with Crippen molar-refractivity contribution in [1.82, 2.24) is 31.1 Å². The highest BCUT2D eigenvalue weighted by molar-refractivity contribution is 5.92. The molecule has 0 saturated carbocycles. The summed E-state index contributed by atoms with van der Waals surface area (Å²) in [5, 5.41) is 11.5. The molecule has 0 aromatic rings. The first-order chi connectivity index (χ1) is 26.4. The number of hydrogen-bond acceptors (Lipinski definition) is 8. The van der Waals surface area contributed by atoms with Crippen LogP contribution in [0.1, 0.15) is 151 Å². The fourth-order valence-electron chi connectivity index (χ4n) is 6.24. The van der Waals surface area contributed by atoms with Crippen LogP contribution in [0.3, 0.4) is 0 Å². The van der Waals surface area contributed by atoms with Gasteiger partial charge in [-0.2, -0.15) is 0 Å². The van der Waals surface area contributed by atoms with Gasteiger partial charge in [0, 0.05) is 38.6 Å². The number of carbonyl (C=O) groups is 5. The van der Waals surface area contributed by atoms with Crippen LogP contribution in [-0.2, 0) is 23.9 Å². The van der Waals surface area contributed by atoms with E-state index in [1.165, 1.54) is 30.6 Å². The number of carbonyl (C=O) groups excluding carboxylic acids is 5. The minimum absolute atomic E-state index is 0.0948. The summed E-state index contributed by atoms with van der Waals surface area (Å²) < 4.78 is 10.8. The summed E-state index contributed by atoms with van der Waals surface area (Å²) in [5.74, 6) is -0.819. The van der Waals surface area contributed by atoms with E-state index in [1.54, 1.807) is 41.5 Å². The van der Waals surface area contributed by atoms with E-state index in [0.29, 0.717) is 38.9 Å². The molecule has 322 valence electrons. The van der Waals surface area contributed by atoms with Gasteiger partial charge in [0.15, 0.2) is 0 Å². The van der Waals surface area contributed by atoms with Crippen LogP contribution in [0.2, 0.25) is 0 Å². The van der Waals surface area contributed by atoms with Crippen LogP contribution in [0.4, 0.5) is 9.59 Å². The van der Waals surface area contributed by atoms with E-state index in [2.05, 4.69) is 52.5 Å². The molecule has 1 rings (SSSR count). The highest BCUT2D eigenvalue weighted by Crippen LogP contribution is 2.22. The molecule has 0 spiro atoms. The summed E-state index contributed by atoms with van der Waals surface area (Å²) in [5.41, 5.74) is -1.40. The number of likely N-dealkylation sites (tertiary alicyclic amines) is 1. The normalized spacial score (nSPS) is 16.6. The molecule has 0 aromatic heterocycles. The quantitative estimate of drug-likeness (QED) is 0.0532. The second-order valence-electron chi connectivity index (χ2n) is 17.2. The van der Waals surface area contributed by atoms with Crippen molar-refractivity contribution in [3.63, 3.8) is 0 Å². The highest BCUT2D eigenvalue weighted by Gasteiger charge is 2.42. The number of unbranched alkanes of at least 4 members (excludes halogenated alkanes) is 9. The molecule has 0 aliphatic carbocycles. The maximum Gasteiger partial charge on any atom is 0.408 e. The van der Waals surface area contributed by atoms with E-state index in [1.807, 2.05) is 19.0 Å². The Kier molecular flexibility index (Phi) is 25.1. The summed E-state index contributed by atoms with van der Waals surface area (Å²) in [6.45, 7) is 14.3. The van der Waals surface area contributed by atoms with Crippen molar-refractivity contribution in [3.05, 3.63) is 24.3 Å². The Balaban J connectivity index is 2.78. The number of likely N-dealkylation sites (N-methyl/N-ethyl adjacent to an activating group) is 1. The van der Waals surface area contributed by atoms with Gasteiger partial charge >= 0.3 is 12.2 Å². The van der Waals surface area contributed by atoms with E-state index < -0.39 is 47.4 Å². The first-order valence-corrected chi connectivity index (χ1v) is 21.2. The van der Waals surface area contributed by atoms with Gasteiger partial charge in [-0.05, 0) is 120 Å². The Morgan fingerprint density at radius 2 is 1.36 bits per heavy atom. The van der Waals surface area contributed by atoms with Gasteiger partial charge in [-0.3, -0.25) is 14.4 Å². The lowest BCUT2D eigenvalue weighted by Crippen LogP contribution is -2.54. The molecular weight excluding hydrogens is 713 g/mol. The maximum absolute atomic E-state index is 14.2. The Morgan fingerprint density at radius 3 is 1.98 bits per heavy atom. The standard InChI is InChI=1S/C43H78N6O7/c1-10-11-12-13-14-15-16-17-18-19-20-21-22-23-24-28-37(50)46-34-32-36(38(51)44-30-31-48(8)9)49(33-34)39(52)35(47-41(54)56-43(5,6)7)27-25-26-29-45-40(53)55-42(2,3)4/h14-15,17-18,34-36H,10-13,16,19-33H2,1-9H3,(H,44,51)(H,45,53)(H,46,50)(H,47,54)/t34-,35+,36-/m0/s1. The number of nitrogens with one attached hydrogen (secondary N) is 4. The second kappa shape index (κ2) is 27.9. The van der Waals surface area contributed by atoms with Crippen molar-refractivity contribution in [3.8, 4) is 0 Å². The van der Waals surface area contributed by atoms with E-state index in [9.17, 15) is 24.0 Å². The van der Waals surface area contributed by atoms with Crippen LogP contribution in [0.5, 0.6) is 0 Å². The van der Waals surface area contributed by atoms with E-state index in [0.717, 1.165) is 44.9 Å². The molecule has 3 atom stereocenters. The number of allylic oxidation sites excluding steroid dienone is 4. The van der Waals surface area contributed by atoms with Gasteiger partial charge in [0.1, 0.15) is 23.3 Å². The SMILES string of the molecule is CCCCCC=CCC=CCCCCCCCC(=O)N[C@H]1C[C@@H](C(=O)NCCN(C)C)N(C(=O)[C@@H](CCCCNC(=O)OC(C)(C)C)NC(=O)OC(C)(C)C)C1. The number of alkyl carbamates (subject to hydrolysis) is 2. The summed E-state index contributed by atoms with van der Waals surface area (Å²) in [6.07, 6.45) is 21.8. The molecule has 56 heavy (non-hydrogen) atoms. The zero-order valence-electron chi connectivity index (χ0n) is 36.4. The van der Waals surface area contributed by atoms with Crippen molar-refractivity contribution in [2.75, 3.05) is 40.3 Å². The van der Waals surface area contributed by atoms with E-state index in [4.69, 9.17) is 9.47 Å². The molecule has 13 heteroatoms. The minimum Gasteiger partial charge on any atom is -0.444 e. The fraction of sp³-hybridized carbons (Fsp3) is 0.791. The molecular formula is C43H78N6O7. The number of rotatable bonds is 26. The molecule has 0 unspecified atom stereocenters. The van der Waals surface area contributed by atoms with Crippen molar-refractivity contribution in [2.45, 2.75) is 181 Å². The van der Waals surface area contributed by atoms with Crippen LogP contribution >= 0.6 is 0 Å². The smallest absolute Gasteiger partial charge is 0.408 e. The zero-order valence-corrected chi connectivity index (χ0v) is 36.4. The van der Waals surface area contributed by atoms with Gasteiger partial charge in [-0.1, -0.05) is 63.3 Å². The van der Waals surface area contributed by atoms with Gasteiger partial charge in [0.2, 0.25) is 17.7 Å². The fourth-order valence-corrected chi connectivity index (χ4v) is 6.24. The molecule has 1 saturated heterocycles. The Bertz CT molecular complexity index is 1220. The third-order valence-electron chi connectivity index (χ3n) is 9.04. The average molecular weight is 791 g/mol. The number of ether oxygens (including phenoxy) is 2. The Morgan fingerprint density at radius 1 is 0.750 bits per heavy atom. The lowest BCUT2D eigenvalue weighted by molar-refractivity contribution is -0.140. The maximum atomic E-state index is 14.2. The van der Waals surface area contributed by atoms with Crippen molar-refractivity contribution in [2.24, 2.45) is 0 Å². The van der Waals surface area contributed by atoms with E-state index >= 15 is 0 Å². The predicted octanol–water partition coefficient (Wildman–Crippen LogP) is 7.15. The van der Waals surface area contributed by atoms with Crippen molar-refractivity contribution in [1.29, 1.82) is 0 Å². The molecule has 1 aliphatic rings. The van der Waals surface area contributed by atoms with E-state index in [-0.39, 0.29) is 31.2 Å². The molecule has 5 amide bonds. The molecule has 0 radical (unpaired) electrons. The van der Waals surface area contributed by atoms with Crippen molar-refractivity contribution >= 4 is 29.9 Å². The van der Waals surface area contributed by atoms with Crippen LogP contribution in [0.25, 0.3) is 0 Å². The molecule has 0 bridgehead atoms. The average Bonchev–Trinajstić information content (AvgIpc) is 3.50. The first kappa shape index (κ1) is 50.4.